The van der Waals surface area contributed by atoms with Crippen molar-refractivity contribution in [1.82, 2.24) is 9.97 Å². The molecule has 0 unspecified atom stereocenters. The van der Waals surface area contributed by atoms with Gasteiger partial charge in [-0.2, -0.15) is 4.98 Å². The molecular weight excluding hydrogens is 312 g/mol. The molecule has 6 heteroatoms. The third-order valence-electron chi connectivity index (χ3n) is 3.34. The minimum Gasteiger partial charge on any atom is -0.495 e. The summed E-state index contributed by atoms with van der Waals surface area (Å²) in [5.41, 5.74) is 0.780. The molecule has 23 heavy (non-hydrogen) atoms. The summed E-state index contributed by atoms with van der Waals surface area (Å²) < 4.78 is 5.35. The van der Waals surface area contributed by atoms with Gasteiger partial charge >= 0.3 is 0 Å². The molecule has 0 aliphatic rings. The predicted octanol–water partition coefficient (Wildman–Crippen LogP) is 4.51. The van der Waals surface area contributed by atoms with Crippen LogP contribution in [0.25, 0.3) is 0 Å². The molecule has 0 aliphatic heterocycles. The molecule has 0 atom stereocenters. The summed E-state index contributed by atoms with van der Waals surface area (Å²) in [4.78, 5) is 11.2. The van der Waals surface area contributed by atoms with Crippen LogP contribution in [0, 0.1) is 0 Å². The van der Waals surface area contributed by atoms with Crippen molar-refractivity contribution in [3.05, 3.63) is 35.5 Å². The first-order chi connectivity index (χ1) is 11.2. The number of rotatable bonds is 8. The van der Waals surface area contributed by atoms with Gasteiger partial charge in [0.2, 0.25) is 5.95 Å². The Morgan fingerprint density at radius 1 is 1.17 bits per heavy atom. The fraction of sp³-hybridized carbons (Fsp3) is 0.412. The van der Waals surface area contributed by atoms with Crippen LogP contribution < -0.4 is 15.0 Å². The molecule has 0 radical (unpaired) electrons. The van der Waals surface area contributed by atoms with Crippen molar-refractivity contribution < 1.29 is 4.74 Å². The molecule has 2 rings (SSSR count). The van der Waals surface area contributed by atoms with Crippen LogP contribution in [0.2, 0.25) is 5.02 Å². The number of nitrogens with zero attached hydrogens (tertiary/aromatic N) is 3. The molecule has 1 aromatic carbocycles. The average Bonchev–Trinajstić information content (AvgIpc) is 2.55. The van der Waals surface area contributed by atoms with Gasteiger partial charge in [0.25, 0.3) is 0 Å². The molecule has 1 aromatic heterocycles. The van der Waals surface area contributed by atoms with Crippen molar-refractivity contribution in [2.24, 2.45) is 0 Å². The Morgan fingerprint density at radius 2 is 1.91 bits per heavy atom. The summed E-state index contributed by atoms with van der Waals surface area (Å²) in [6, 6.07) is 7.27. The maximum absolute atomic E-state index is 6.07. The molecule has 0 fully saturated rings. The molecule has 1 heterocycles. The van der Waals surface area contributed by atoms with Gasteiger partial charge in [-0.1, -0.05) is 25.4 Å². The Kier molecular flexibility index (Phi) is 6.47. The lowest BCUT2D eigenvalue weighted by Gasteiger charge is -2.21. The van der Waals surface area contributed by atoms with E-state index in [1.54, 1.807) is 19.4 Å². The monoisotopic (exact) mass is 334 g/mol. The van der Waals surface area contributed by atoms with Crippen LogP contribution in [-0.4, -0.2) is 30.2 Å². The smallest absolute Gasteiger partial charge is 0.227 e. The number of halogens is 1. The standard InChI is InChI=1S/C17H23ClN4O/c1-4-10-22(11-5-2)17-19-9-8-16(21-17)20-14-12-13(18)6-7-15(14)23-3/h6-9,12H,4-5,10-11H2,1-3H3,(H,19,20,21). The van der Waals surface area contributed by atoms with Crippen molar-refractivity contribution in [3.8, 4) is 5.75 Å². The van der Waals surface area contributed by atoms with Crippen molar-refractivity contribution in [2.45, 2.75) is 26.7 Å². The van der Waals surface area contributed by atoms with Gasteiger partial charge in [-0.05, 0) is 37.1 Å². The molecule has 0 aliphatic carbocycles. The molecule has 0 bridgehead atoms. The van der Waals surface area contributed by atoms with E-state index >= 15 is 0 Å². The van der Waals surface area contributed by atoms with Gasteiger partial charge in [0.05, 0.1) is 12.8 Å². The molecule has 1 N–H and O–H groups in total. The highest BCUT2D eigenvalue weighted by atomic mass is 35.5. The first-order valence-electron chi connectivity index (χ1n) is 7.86. The molecule has 5 nitrogen and oxygen atoms in total. The van der Waals surface area contributed by atoms with Gasteiger partial charge in [0, 0.05) is 24.3 Å². The lowest BCUT2D eigenvalue weighted by Crippen LogP contribution is -2.27. The number of hydrogen-bond donors (Lipinski definition) is 1. The largest absolute Gasteiger partial charge is 0.495 e. The van der Waals surface area contributed by atoms with E-state index in [1.165, 1.54) is 0 Å². The van der Waals surface area contributed by atoms with Gasteiger partial charge in [0.1, 0.15) is 11.6 Å². The first kappa shape index (κ1) is 17.3. The minimum atomic E-state index is 0.640. The molecule has 0 spiro atoms. The van der Waals surface area contributed by atoms with Crippen molar-refractivity contribution in [1.29, 1.82) is 0 Å². The van der Waals surface area contributed by atoms with Gasteiger partial charge in [-0.15, -0.1) is 0 Å². The number of aromatic nitrogens is 2. The Balaban J connectivity index is 2.24. The third kappa shape index (κ3) is 4.73. The van der Waals surface area contributed by atoms with Crippen molar-refractivity contribution in [3.63, 3.8) is 0 Å². The van der Waals surface area contributed by atoms with Gasteiger partial charge in [0.15, 0.2) is 0 Å². The van der Waals surface area contributed by atoms with E-state index in [9.17, 15) is 0 Å². The maximum atomic E-state index is 6.07. The fourth-order valence-electron chi connectivity index (χ4n) is 2.34. The molecule has 0 saturated heterocycles. The predicted molar refractivity (Wildman–Crippen MR) is 96.1 cm³/mol. The zero-order valence-corrected chi connectivity index (χ0v) is 14.6. The number of hydrogen-bond acceptors (Lipinski definition) is 5. The zero-order chi connectivity index (χ0) is 16.7. The Morgan fingerprint density at radius 3 is 2.57 bits per heavy atom. The van der Waals surface area contributed by atoms with Crippen LogP contribution in [0.1, 0.15) is 26.7 Å². The van der Waals surface area contributed by atoms with Crippen LogP contribution in [0.15, 0.2) is 30.5 Å². The number of ether oxygens (including phenoxy) is 1. The number of methoxy groups -OCH3 is 1. The van der Waals surface area contributed by atoms with E-state index < -0.39 is 0 Å². The lowest BCUT2D eigenvalue weighted by atomic mass is 10.3. The number of anilines is 3. The summed E-state index contributed by atoms with van der Waals surface area (Å²) in [6.07, 6.45) is 3.88. The summed E-state index contributed by atoms with van der Waals surface area (Å²) in [6.45, 7) is 6.19. The minimum absolute atomic E-state index is 0.640. The SMILES string of the molecule is CCCN(CCC)c1nccc(Nc2cc(Cl)ccc2OC)n1. The summed E-state index contributed by atoms with van der Waals surface area (Å²) in [5.74, 6) is 2.17. The molecule has 0 saturated carbocycles. The van der Waals surface area contributed by atoms with Gasteiger partial charge in [-0.25, -0.2) is 4.98 Å². The summed E-state index contributed by atoms with van der Waals surface area (Å²) in [5, 5.41) is 3.90. The lowest BCUT2D eigenvalue weighted by molar-refractivity contribution is 0.417. The first-order valence-corrected chi connectivity index (χ1v) is 8.24. The summed E-state index contributed by atoms with van der Waals surface area (Å²) in [7, 11) is 1.63. The quantitative estimate of drug-likeness (QED) is 0.769. The van der Waals surface area contributed by atoms with Crippen LogP contribution >= 0.6 is 11.6 Å². The van der Waals surface area contributed by atoms with E-state index in [1.807, 2.05) is 18.2 Å². The van der Waals surface area contributed by atoms with Crippen molar-refractivity contribution in [2.75, 3.05) is 30.4 Å². The van der Waals surface area contributed by atoms with Crippen LogP contribution in [0.5, 0.6) is 5.75 Å². The Hall–Kier alpha value is -2.01. The topological polar surface area (TPSA) is 50.3 Å². The van der Waals surface area contributed by atoms with E-state index in [0.29, 0.717) is 16.6 Å². The molecular formula is C17H23ClN4O. The highest BCUT2D eigenvalue weighted by Crippen LogP contribution is 2.30. The second-order valence-corrected chi connectivity index (χ2v) is 5.63. The van der Waals surface area contributed by atoms with E-state index in [-0.39, 0.29) is 0 Å². The number of nitrogens with one attached hydrogen (secondary N) is 1. The van der Waals surface area contributed by atoms with E-state index in [4.69, 9.17) is 16.3 Å². The second-order valence-electron chi connectivity index (χ2n) is 5.20. The van der Waals surface area contributed by atoms with E-state index in [0.717, 1.165) is 37.6 Å². The molecule has 2 aromatic rings. The molecule has 0 amide bonds. The van der Waals surface area contributed by atoms with Gasteiger partial charge in [-0.3, -0.25) is 0 Å². The van der Waals surface area contributed by atoms with Crippen LogP contribution in [0.3, 0.4) is 0 Å². The van der Waals surface area contributed by atoms with Crippen LogP contribution in [-0.2, 0) is 0 Å². The highest BCUT2D eigenvalue weighted by molar-refractivity contribution is 6.31. The van der Waals surface area contributed by atoms with Gasteiger partial charge < -0.3 is 15.0 Å². The third-order valence-corrected chi connectivity index (χ3v) is 3.57. The molecule has 124 valence electrons. The normalized spacial score (nSPS) is 10.4. The van der Waals surface area contributed by atoms with Crippen LogP contribution in [0.4, 0.5) is 17.5 Å². The number of benzene rings is 1. The summed E-state index contributed by atoms with van der Waals surface area (Å²) >= 11 is 6.07. The Bertz CT molecular complexity index is 630. The van der Waals surface area contributed by atoms with Crippen molar-refractivity contribution >= 4 is 29.1 Å². The Labute approximate surface area is 142 Å². The average molecular weight is 335 g/mol. The van der Waals surface area contributed by atoms with E-state index in [2.05, 4.69) is 34.0 Å². The highest BCUT2D eigenvalue weighted by Gasteiger charge is 2.10. The fourth-order valence-corrected chi connectivity index (χ4v) is 2.51. The zero-order valence-electron chi connectivity index (χ0n) is 13.8. The maximum Gasteiger partial charge on any atom is 0.227 e. The second kappa shape index (κ2) is 8.58.